The summed E-state index contributed by atoms with van der Waals surface area (Å²) in [5, 5.41) is 9.34. The van der Waals surface area contributed by atoms with Crippen molar-refractivity contribution in [1.82, 2.24) is 0 Å². The standard InChI is InChI=1S/C8H18N2O3/c1-7(2,12)13-8(10,6-9)4-3-5-11/h5,12H,3-4,6,9-10H2,1-2H3. The van der Waals surface area contributed by atoms with E-state index in [2.05, 4.69) is 0 Å². The van der Waals surface area contributed by atoms with Crippen LogP contribution in [-0.2, 0) is 9.53 Å². The molecule has 0 aliphatic carbocycles. The lowest BCUT2D eigenvalue weighted by molar-refractivity contribution is -0.243. The molecule has 0 spiro atoms. The largest absolute Gasteiger partial charge is 0.366 e. The van der Waals surface area contributed by atoms with Crippen LogP contribution >= 0.6 is 0 Å². The van der Waals surface area contributed by atoms with E-state index in [9.17, 15) is 9.90 Å². The molecule has 0 bridgehead atoms. The average Bonchev–Trinajstić information content (AvgIpc) is 1.98. The summed E-state index contributed by atoms with van der Waals surface area (Å²) in [5.74, 6) is -1.34. The maximum absolute atomic E-state index is 10.1. The number of hydrogen-bond donors (Lipinski definition) is 3. The zero-order chi connectivity index (χ0) is 10.5. The molecule has 1 unspecified atom stereocenters. The first-order chi connectivity index (χ1) is 5.83. The average molecular weight is 190 g/mol. The third-order valence-electron chi connectivity index (χ3n) is 1.48. The van der Waals surface area contributed by atoms with Gasteiger partial charge < -0.3 is 26.1 Å². The van der Waals surface area contributed by atoms with Crippen molar-refractivity contribution in [3.63, 3.8) is 0 Å². The van der Waals surface area contributed by atoms with Gasteiger partial charge in [0.1, 0.15) is 12.0 Å². The van der Waals surface area contributed by atoms with E-state index in [0.29, 0.717) is 6.42 Å². The van der Waals surface area contributed by atoms with Crippen molar-refractivity contribution in [2.24, 2.45) is 11.5 Å². The van der Waals surface area contributed by atoms with Crippen molar-refractivity contribution >= 4 is 6.29 Å². The normalized spacial score (nSPS) is 16.7. The predicted octanol–water partition coefficient (Wildman–Crippen LogP) is -0.676. The molecule has 5 N–H and O–H groups in total. The van der Waals surface area contributed by atoms with Crippen LogP contribution in [0.15, 0.2) is 0 Å². The first kappa shape index (κ1) is 12.5. The van der Waals surface area contributed by atoms with Crippen molar-refractivity contribution in [3.05, 3.63) is 0 Å². The zero-order valence-electron chi connectivity index (χ0n) is 8.12. The molecule has 0 saturated carbocycles. The molecule has 0 heterocycles. The van der Waals surface area contributed by atoms with E-state index in [1.807, 2.05) is 0 Å². The molecule has 0 aromatic carbocycles. The third-order valence-corrected chi connectivity index (χ3v) is 1.48. The molecule has 0 rings (SSSR count). The molecular weight excluding hydrogens is 172 g/mol. The van der Waals surface area contributed by atoms with Gasteiger partial charge in [-0.1, -0.05) is 0 Å². The van der Waals surface area contributed by atoms with Gasteiger partial charge in [-0.25, -0.2) is 0 Å². The van der Waals surface area contributed by atoms with Crippen molar-refractivity contribution < 1.29 is 14.6 Å². The number of carbonyl (C=O) groups excluding carboxylic acids is 1. The summed E-state index contributed by atoms with van der Waals surface area (Å²) in [4.78, 5) is 10.1. The number of nitrogens with two attached hydrogens (primary N) is 2. The van der Waals surface area contributed by atoms with Gasteiger partial charge in [-0.2, -0.15) is 0 Å². The van der Waals surface area contributed by atoms with Crippen LogP contribution in [-0.4, -0.2) is 29.4 Å². The molecule has 0 aliphatic heterocycles. The smallest absolute Gasteiger partial charge is 0.162 e. The summed E-state index contributed by atoms with van der Waals surface area (Å²) in [6.45, 7) is 2.99. The van der Waals surface area contributed by atoms with Crippen molar-refractivity contribution in [2.75, 3.05) is 6.54 Å². The number of rotatable bonds is 6. The molecular formula is C8H18N2O3. The Morgan fingerprint density at radius 2 is 2.08 bits per heavy atom. The molecule has 78 valence electrons. The molecule has 5 heteroatoms. The second kappa shape index (κ2) is 4.66. The predicted molar refractivity (Wildman–Crippen MR) is 48.7 cm³/mol. The van der Waals surface area contributed by atoms with Gasteiger partial charge in [-0.3, -0.25) is 0 Å². The Balaban J connectivity index is 4.18. The molecule has 0 aliphatic rings. The molecule has 0 fully saturated rings. The monoisotopic (exact) mass is 190 g/mol. The highest BCUT2D eigenvalue weighted by Gasteiger charge is 2.30. The molecule has 0 aromatic rings. The van der Waals surface area contributed by atoms with Crippen LogP contribution in [0, 0.1) is 0 Å². The lowest BCUT2D eigenvalue weighted by Crippen LogP contribution is -2.54. The molecule has 0 radical (unpaired) electrons. The molecule has 0 saturated heterocycles. The fourth-order valence-electron chi connectivity index (χ4n) is 0.995. The highest BCUT2D eigenvalue weighted by atomic mass is 16.6. The molecule has 0 amide bonds. The van der Waals surface area contributed by atoms with Gasteiger partial charge in [0.05, 0.1) is 0 Å². The SMILES string of the molecule is CC(C)(O)OC(N)(CN)CCC=O. The van der Waals surface area contributed by atoms with Crippen LogP contribution in [0.3, 0.4) is 0 Å². The lowest BCUT2D eigenvalue weighted by atomic mass is 10.1. The Labute approximate surface area is 78.0 Å². The lowest BCUT2D eigenvalue weighted by Gasteiger charge is -2.33. The van der Waals surface area contributed by atoms with E-state index in [-0.39, 0.29) is 13.0 Å². The molecule has 5 nitrogen and oxygen atoms in total. The number of aliphatic hydroxyl groups is 1. The van der Waals surface area contributed by atoms with Crippen LogP contribution in [0.2, 0.25) is 0 Å². The fourth-order valence-corrected chi connectivity index (χ4v) is 0.995. The fraction of sp³-hybridized carbons (Fsp3) is 0.875. The first-order valence-corrected chi connectivity index (χ1v) is 4.18. The summed E-state index contributed by atoms with van der Waals surface area (Å²) in [6, 6.07) is 0. The summed E-state index contributed by atoms with van der Waals surface area (Å²) in [6.07, 6.45) is 1.31. The minimum atomic E-state index is -1.34. The maximum atomic E-state index is 10.1. The van der Waals surface area contributed by atoms with E-state index in [0.717, 1.165) is 6.29 Å². The quantitative estimate of drug-likeness (QED) is 0.381. The van der Waals surface area contributed by atoms with Crippen LogP contribution in [0.25, 0.3) is 0 Å². The number of aldehydes is 1. The van der Waals surface area contributed by atoms with Gasteiger partial charge in [0.15, 0.2) is 5.79 Å². The Hall–Kier alpha value is -0.490. The Bertz CT molecular complexity index is 167. The third kappa shape index (κ3) is 5.70. The van der Waals surface area contributed by atoms with E-state index in [1.54, 1.807) is 0 Å². The zero-order valence-corrected chi connectivity index (χ0v) is 8.12. The van der Waals surface area contributed by atoms with E-state index < -0.39 is 11.5 Å². The maximum Gasteiger partial charge on any atom is 0.162 e. The number of hydrogen-bond acceptors (Lipinski definition) is 5. The van der Waals surface area contributed by atoms with Gasteiger partial charge in [0.25, 0.3) is 0 Å². The van der Waals surface area contributed by atoms with Crippen molar-refractivity contribution in [1.29, 1.82) is 0 Å². The molecule has 13 heavy (non-hydrogen) atoms. The number of carbonyl (C=O) groups is 1. The van der Waals surface area contributed by atoms with Crippen LogP contribution in [0.1, 0.15) is 26.7 Å². The van der Waals surface area contributed by atoms with Gasteiger partial charge in [0, 0.05) is 13.0 Å². The van der Waals surface area contributed by atoms with Gasteiger partial charge >= 0.3 is 0 Å². The van der Waals surface area contributed by atoms with Crippen molar-refractivity contribution in [2.45, 2.75) is 38.2 Å². The highest BCUT2D eigenvalue weighted by molar-refractivity contribution is 5.49. The van der Waals surface area contributed by atoms with E-state index >= 15 is 0 Å². The second-order valence-electron chi connectivity index (χ2n) is 3.52. The van der Waals surface area contributed by atoms with E-state index in [1.165, 1.54) is 13.8 Å². The first-order valence-electron chi connectivity index (χ1n) is 4.18. The summed E-state index contributed by atoms with van der Waals surface area (Å²) in [7, 11) is 0. The Morgan fingerprint density at radius 3 is 2.38 bits per heavy atom. The summed E-state index contributed by atoms with van der Waals surface area (Å²) >= 11 is 0. The van der Waals surface area contributed by atoms with Crippen LogP contribution in [0.4, 0.5) is 0 Å². The molecule has 0 aromatic heterocycles. The minimum Gasteiger partial charge on any atom is -0.366 e. The summed E-state index contributed by atoms with van der Waals surface area (Å²) in [5.41, 5.74) is 9.96. The highest BCUT2D eigenvalue weighted by Crippen LogP contribution is 2.17. The van der Waals surface area contributed by atoms with Gasteiger partial charge in [0.2, 0.25) is 0 Å². The molecule has 1 atom stereocenters. The Morgan fingerprint density at radius 1 is 1.54 bits per heavy atom. The Kier molecular flexibility index (Phi) is 4.49. The summed E-state index contributed by atoms with van der Waals surface area (Å²) < 4.78 is 5.13. The van der Waals surface area contributed by atoms with Gasteiger partial charge in [-0.05, 0) is 20.3 Å². The van der Waals surface area contributed by atoms with Crippen LogP contribution < -0.4 is 11.5 Å². The number of ether oxygens (including phenoxy) is 1. The van der Waals surface area contributed by atoms with E-state index in [4.69, 9.17) is 16.2 Å². The van der Waals surface area contributed by atoms with Gasteiger partial charge in [-0.15, -0.1) is 0 Å². The second-order valence-corrected chi connectivity index (χ2v) is 3.52. The minimum absolute atomic E-state index is 0.0603. The topological polar surface area (TPSA) is 98.6 Å². The van der Waals surface area contributed by atoms with Crippen molar-refractivity contribution in [3.8, 4) is 0 Å². The van der Waals surface area contributed by atoms with Crippen LogP contribution in [0.5, 0.6) is 0 Å².